The van der Waals surface area contributed by atoms with Crippen molar-refractivity contribution in [2.75, 3.05) is 40.8 Å². The number of rotatable bonds is 10. The molecule has 1 heterocycles. The Hall–Kier alpha value is -0.800. The molecule has 0 bridgehead atoms. The van der Waals surface area contributed by atoms with Crippen molar-refractivity contribution < 1.29 is 9.15 Å². The number of furan rings is 1. The van der Waals surface area contributed by atoms with Crippen LogP contribution in [0.3, 0.4) is 0 Å². The van der Waals surface area contributed by atoms with Gasteiger partial charge in [0.25, 0.3) is 0 Å². The fourth-order valence-corrected chi connectivity index (χ4v) is 2.59. The molecule has 2 atom stereocenters. The van der Waals surface area contributed by atoms with Crippen LogP contribution in [-0.2, 0) is 4.74 Å². The molecule has 0 amide bonds. The number of nitrogens with one attached hydrogen (secondary N) is 2. The highest BCUT2D eigenvalue weighted by Crippen LogP contribution is 2.17. The molecule has 2 N–H and O–H groups in total. The van der Waals surface area contributed by atoms with Crippen LogP contribution in [-0.4, -0.2) is 57.8 Å². The summed E-state index contributed by atoms with van der Waals surface area (Å²) >= 11 is 0. The fourth-order valence-electron chi connectivity index (χ4n) is 2.59. The fraction of sp³-hybridized carbons (Fsp3) is 0.722. The molecule has 0 aliphatic heterocycles. The molecule has 1 aromatic heterocycles. The van der Waals surface area contributed by atoms with Crippen LogP contribution in [0.1, 0.15) is 39.0 Å². The first-order valence-electron chi connectivity index (χ1n) is 8.75. The summed E-state index contributed by atoms with van der Waals surface area (Å²) in [4.78, 5) is 6.42. The summed E-state index contributed by atoms with van der Waals surface area (Å²) < 4.78 is 11.3. The van der Waals surface area contributed by atoms with Gasteiger partial charge in [0, 0.05) is 26.7 Å². The van der Waals surface area contributed by atoms with E-state index in [9.17, 15) is 0 Å². The maximum absolute atomic E-state index is 5.78. The Bertz CT molecular complexity index is 464. The van der Waals surface area contributed by atoms with Gasteiger partial charge in [0.2, 0.25) is 0 Å². The second-order valence-electron chi connectivity index (χ2n) is 6.40. The third-order valence-corrected chi connectivity index (χ3v) is 4.03. The molecule has 7 heteroatoms. The summed E-state index contributed by atoms with van der Waals surface area (Å²) in [6.45, 7) is 8.73. The first kappa shape index (κ1) is 24.2. The summed E-state index contributed by atoms with van der Waals surface area (Å²) in [5, 5.41) is 6.73. The zero-order valence-corrected chi connectivity index (χ0v) is 18.7. The van der Waals surface area contributed by atoms with Crippen LogP contribution in [0.4, 0.5) is 0 Å². The minimum Gasteiger partial charge on any atom is -0.468 e. The largest absolute Gasteiger partial charge is 0.468 e. The minimum atomic E-state index is 0. The molecule has 0 spiro atoms. The maximum atomic E-state index is 5.78. The smallest absolute Gasteiger partial charge is 0.191 e. The zero-order valence-electron chi connectivity index (χ0n) is 16.4. The highest BCUT2D eigenvalue weighted by atomic mass is 127. The van der Waals surface area contributed by atoms with Crippen molar-refractivity contribution in [3.05, 3.63) is 24.2 Å². The van der Waals surface area contributed by atoms with Crippen molar-refractivity contribution in [1.82, 2.24) is 15.5 Å². The molecule has 2 unspecified atom stereocenters. The van der Waals surface area contributed by atoms with Gasteiger partial charge in [-0.3, -0.25) is 9.89 Å². The number of likely N-dealkylation sites (N-methyl/N-ethyl adjacent to an activating group) is 1. The Balaban J connectivity index is 0.00000576. The van der Waals surface area contributed by atoms with Crippen LogP contribution in [0.15, 0.2) is 27.8 Å². The monoisotopic (exact) mass is 466 g/mol. The third-order valence-electron chi connectivity index (χ3n) is 4.03. The molecule has 0 aliphatic carbocycles. The Labute approximate surface area is 169 Å². The van der Waals surface area contributed by atoms with Crippen molar-refractivity contribution in [2.24, 2.45) is 10.9 Å². The van der Waals surface area contributed by atoms with E-state index in [2.05, 4.69) is 34.4 Å². The van der Waals surface area contributed by atoms with Crippen molar-refractivity contribution in [3.8, 4) is 0 Å². The normalized spacial score (nSPS) is 14.3. The maximum Gasteiger partial charge on any atom is 0.191 e. The van der Waals surface area contributed by atoms with Crippen LogP contribution >= 0.6 is 24.0 Å². The van der Waals surface area contributed by atoms with Gasteiger partial charge in [-0.25, -0.2) is 0 Å². The van der Waals surface area contributed by atoms with Gasteiger partial charge < -0.3 is 19.8 Å². The average molecular weight is 466 g/mol. The van der Waals surface area contributed by atoms with E-state index >= 15 is 0 Å². The molecule has 0 saturated heterocycles. The van der Waals surface area contributed by atoms with Gasteiger partial charge in [-0.15, -0.1) is 24.0 Å². The average Bonchev–Trinajstić information content (AvgIpc) is 3.06. The van der Waals surface area contributed by atoms with Crippen molar-refractivity contribution in [3.63, 3.8) is 0 Å². The van der Waals surface area contributed by atoms with Crippen molar-refractivity contribution >= 4 is 29.9 Å². The molecule has 0 aromatic carbocycles. The van der Waals surface area contributed by atoms with Gasteiger partial charge in [0.15, 0.2) is 5.96 Å². The molecule has 0 saturated carbocycles. The molecule has 0 radical (unpaired) electrons. The number of guanidine groups is 1. The van der Waals surface area contributed by atoms with E-state index in [1.807, 2.05) is 33.2 Å². The number of hydrogen-bond acceptors (Lipinski definition) is 4. The molecular weight excluding hydrogens is 431 g/mol. The summed E-state index contributed by atoms with van der Waals surface area (Å²) in [7, 11) is 5.87. The predicted octanol–water partition coefficient (Wildman–Crippen LogP) is 3.12. The Morgan fingerprint density at radius 3 is 2.52 bits per heavy atom. The molecule has 146 valence electrons. The molecule has 1 rings (SSSR count). The standard InChI is InChI=1S/C18H34N4O2.HI/c1-7-23-16(14(2)3)10-11-20-18(19-4)21-13-15(22(5)6)17-9-8-12-24-17;/h8-9,12,14-16H,7,10-11,13H2,1-6H3,(H2,19,20,21);1H. The van der Waals surface area contributed by atoms with E-state index in [4.69, 9.17) is 9.15 Å². The summed E-state index contributed by atoms with van der Waals surface area (Å²) in [6.07, 6.45) is 2.94. The quantitative estimate of drug-likeness (QED) is 0.315. The third kappa shape index (κ3) is 8.91. The Morgan fingerprint density at radius 1 is 1.32 bits per heavy atom. The van der Waals surface area contributed by atoms with E-state index in [0.717, 1.165) is 37.8 Å². The first-order chi connectivity index (χ1) is 11.5. The highest BCUT2D eigenvalue weighted by Gasteiger charge is 2.17. The van der Waals surface area contributed by atoms with Gasteiger partial charge >= 0.3 is 0 Å². The second-order valence-corrected chi connectivity index (χ2v) is 6.40. The minimum absolute atomic E-state index is 0. The van der Waals surface area contributed by atoms with Gasteiger partial charge in [0.05, 0.1) is 18.4 Å². The molecule has 6 nitrogen and oxygen atoms in total. The van der Waals surface area contributed by atoms with Crippen LogP contribution in [0.25, 0.3) is 0 Å². The van der Waals surface area contributed by atoms with Gasteiger partial charge in [-0.05, 0) is 45.5 Å². The summed E-state index contributed by atoms with van der Waals surface area (Å²) in [5.41, 5.74) is 0. The van der Waals surface area contributed by atoms with Crippen molar-refractivity contribution in [1.29, 1.82) is 0 Å². The number of halogens is 1. The lowest BCUT2D eigenvalue weighted by atomic mass is 10.0. The van der Waals surface area contributed by atoms with E-state index in [1.54, 1.807) is 13.3 Å². The van der Waals surface area contributed by atoms with E-state index in [0.29, 0.717) is 5.92 Å². The number of nitrogens with zero attached hydrogens (tertiary/aromatic N) is 2. The molecule has 0 fully saturated rings. The van der Waals surface area contributed by atoms with Crippen LogP contribution in [0, 0.1) is 5.92 Å². The SMILES string of the molecule is CCOC(CCNC(=NC)NCC(c1ccco1)N(C)C)C(C)C.I. The molecule has 1 aromatic rings. The molecular formula is C18H35IN4O2. The topological polar surface area (TPSA) is 62.0 Å². The van der Waals surface area contributed by atoms with E-state index in [-0.39, 0.29) is 36.1 Å². The molecule has 0 aliphatic rings. The lowest BCUT2D eigenvalue weighted by Gasteiger charge is -2.24. The van der Waals surface area contributed by atoms with Gasteiger partial charge in [0.1, 0.15) is 5.76 Å². The summed E-state index contributed by atoms with van der Waals surface area (Å²) in [5.74, 6) is 2.25. The Kier molecular flexibility index (Phi) is 13.0. The zero-order chi connectivity index (χ0) is 17.9. The van der Waals surface area contributed by atoms with Crippen LogP contribution in [0.5, 0.6) is 0 Å². The highest BCUT2D eigenvalue weighted by molar-refractivity contribution is 14.0. The molecule has 25 heavy (non-hydrogen) atoms. The number of aliphatic imine (C=N–C) groups is 1. The van der Waals surface area contributed by atoms with Crippen LogP contribution in [0.2, 0.25) is 0 Å². The van der Waals surface area contributed by atoms with Gasteiger partial charge in [-0.1, -0.05) is 13.8 Å². The Morgan fingerprint density at radius 2 is 2.04 bits per heavy atom. The van der Waals surface area contributed by atoms with Crippen molar-refractivity contribution in [2.45, 2.75) is 39.3 Å². The van der Waals surface area contributed by atoms with E-state index < -0.39 is 0 Å². The predicted molar refractivity (Wildman–Crippen MR) is 115 cm³/mol. The number of ether oxygens (including phenoxy) is 1. The lowest BCUT2D eigenvalue weighted by molar-refractivity contribution is 0.0258. The first-order valence-corrected chi connectivity index (χ1v) is 8.75. The second kappa shape index (κ2) is 13.4. The summed E-state index contributed by atoms with van der Waals surface area (Å²) in [6, 6.07) is 4.07. The van der Waals surface area contributed by atoms with E-state index in [1.165, 1.54) is 0 Å². The number of hydrogen-bond donors (Lipinski definition) is 2. The lowest BCUT2D eigenvalue weighted by Crippen LogP contribution is -2.42. The van der Waals surface area contributed by atoms with Crippen LogP contribution < -0.4 is 10.6 Å². The van der Waals surface area contributed by atoms with Gasteiger partial charge in [-0.2, -0.15) is 0 Å².